The minimum atomic E-state index is -3.89. The highest BCUT2D eigenvalue weighted by Gasteiger charge is 2.18. The summed E-state index contributed by atoms with van der Waals surface area (Å²) in [5.74, 6) is -0.893. The fraction of sp³-hybridized carbons (Fsp3) is 0.133. The van der Waals surface area contributed by atoms with E-state index in [0.29, 0.717) is 0 Å². The van der Waals surface area contributed by atoms with Crippen molar-refractivity contribution in [1.29, 1.82) is 0 Å². The molecule has 0 heterocycles. The van der Waals surface area contributed by atoms with Gasteiger partial charge in [0, 0.05) is 4.47 Å². The summed E-state index contributed by atoms with van der Waals surface area (Å²) in [5.41, 5.74) is 0.0385. The van der Waals surface area contributed by atoms with Gasteiger partial charge in [-0.15, -0.1) is 0 Å². The van der Waals surface area contributed by atoms with Crippen molar-refractivity contribution in [2.45, 2.75) is 11.8 Å². The normalized spacial score (nSPS) is 11.0. The number of ether oxygens (including phenoxy) is 1. The molecule has 0 aromatic heterocycles. The Bertz CT molecular complexity index is 818. The smallest absolute Gasteiger partial charge is 0.338 e. The van der Waals surface area contributed by atoms with E-state index < -0.39 is 16.0 Å². The molecule has 0 radical (unpaired) electrons. The Labute approximate surface area is 142 Å². The van der Waals surface area contributed by atoms with Gasteiger partial charge in [0.15, 0.2) is 0 Å². The number of sulfonamides is 1. The Hall–Kier alpha value is -2.06. The van der Waals surface area contributed by atoms with Crippen LogP contribution in [0.25, 0.3) is 0 Å². The van der Waals surface area contributed by atoms with Gasteiger partial charge in [-0.05, 0) is 49.4 Å². The molecule has 2 N–H and O–H groups in total. The summed E-state index contributed by atoms with van der Waals surface area (Å²) in [5, 5.41) is 9.81. The van der Waals surface area contributed by atoms with E-state index in [9.17, 15) is 18.3 Å². The second-order valence-corrected chi connectivity index (χ2v) is 7.11. The number of halogens is 1. The molecule has 122 valence electrons. The Morgan fingerprint density at radius 2 is 1.87 bits per heavy atom. The van der Waals surface area contributed by atoms with Crippen LogP contribution in [0.3, 0.4) is 0 Å². The first-order valence-corrected chi connectivity index (χ1v) is 8.89. The van der Waals surface area contributed by atoms with Gasteiger partial charge in [-0.2, -0.15) is 0 Å². The Balaban J connectivity index is 2.33. The van der Waals surface area contributed by atoms with E-state index in [1.54, 1.807) is 19.1 Å². The molecular formula is C15H14BrNO5S. The number of benzene rings is 2. The fourth-order valence-electron chi connectivity index (χ4n) is 1.78. The number of rotatable bonds is 5. The number of hydrogen-bond acceptors (Lipinski definition) is 5. The van der Waals surface area contributed by atoms with Crippen molar-refractivity contribution in [2.75, 3.05) is 11.3 Å². The molecule has 0 aliphatic heterocycles. The van der Waals surface area contributed by atoms with E-state index in [-0.39, 0.29) is 28.5 Å². The molecular weight excluding hydrogens is 386 g/mol. The monoisotopic (exact) mass is 399 g/mol. The van der Waals surface area contributed by atoms with E-state index in [0.717, 1.165) is 4.47 Å². The van der Waals surface area contributed by atoms with Gasteiger partial charge in [0.2, 0.25) is 0 Å². The van der Waals surface area contributed by atoms with Crippen molar-refractivity contribution in [3.63, 3.8) is 0 Å². The summed E-state index contributed by atoms with van der Waals surface area (Å²) in [6.07, 6.45) is 0. The van der Waals surface area contributed by atoms with Crippen LogP contribution in [-0.2, 0) is 14.8 Å². The number of carbonyl (C=O) groups excluding carboxylic acids is 1. The van der Waals surface area contributed by atoms with Crippen LogP contribution in [0, 0.1) is 0 Å². The summed E-state index contributed by atoms with van der Waals surface area (Å²) in [6.45, 7) is 1.86. The highest BCUT2D eigenvalue weighted by Crippen LogP contribution is 2.27. The minimum absolute atomic E-state index is 0.0293. The predicted molar refractivity (Wildman–Crippen MR) is 89.0 cm³/mol. The number of phenols is 1. The first-order chi connectivity index (χ1) is 10.8. The maximum atomic E-state index is 12.3. The Morgan fingerprint density at radius 3 is 2.48 bits per heavy atom. The van der Waals surface area contributed by atoms with Crippen LogP contribution in [0.5, 0.6) is 5.75 Å². The van der Waals surface area contributed by atoms with Crippen LogP contribution in [0.15, 0.2) is 51.8 Å². The van der Waals surface area contributed by atoms with Crippen LogP contribution >= 0.6 is 15.9 Å². The third-order valence-electron chi connectivity index (χ3n) is 2.88. The molecule has 23 heavy (non-hydrogen) atoms. The number of esters is 1. The van der Waals surface area contributed by atoms with E-state index in [1.807, 2.05) is 0 Å². The summed E-state index contributed by atoms with van der Waals surface area (Å²) < 4.78 is 32.5. The number of carbonyl (C=O) groups is 1. The second kappa shape index (κ2) is 7.01. The molecule has 0 aliphatic carbocycles. The lowest BCUT2D eigenvalue weighted by molar-refractivity contribution is 0.0526. The highest BCUT2D eigenvalue weighted by molar-refractivity contribution is 9.10. The summed E-state index contributed by atoms with van der Waals surface area (Å²) in [4.78, 5) is 11.7. The molecule has 2 aromatic carbocycles. The quantitative estimate of drug-likeness (QED) is 0.594. The van der Waals surface area contributed by atoms with Crippen molar-refractivity contribution >= 4 is 37.6 Å². The van der Waals surface area contributed by atoms with Crippen molar-refractivity contribution in [2.24, 2.45) is 0 Å². The van der Waals surface area contributed by atoms with Gasteiger partial charge in [-0.3, -0.25) is 4.72 Å². The van der Waals surface area contributed by atoms with Gasteiger partial charge in [0.25, 0.3) is 10.0 Å². The Kier molecular flexibility index (Phi) is 5.27. The first kappa shape index (κ1) is 17.3. The molecule has 0 bridgehead atoms. The molecule has 0 unspecified atom stereocenters. The van der Waals surface area contributed by atoms with Crippen molar-refractivity contribution in [3.05, 3.63) is 52.5 Å². The Morgan fingerprint density at radius 1 is 1.22 bits per heavy atom. The molecule has 0 saturated carbocycles. The number of nitrogens with one attached hydrogen (secondary N) is 1. The average molecular weight is 400 g/mol. The van der Waals surface area contributed by atoms with Crippen LogP contribution in [0.1, 0.15) is 17.3 Å². The third-order valence-corrected chi connectivity index (χ3v) is 4.79. The molecule has 0 saturated heterocycles. The zero-order chi connectivity index (χ0) is 17.0. The molecule has 0 aliphatic rings. The summed E-state index contributed by atoms with van der Waals surface area (Å²) in [6, 6.07) is 9.81. The van der Waals surface area contributed by atoms with Crippen LogP contribution < -0.4 is 4.72 Å². The van der Waals surface area contributed by atoms with Gasteiger partial charge >= 0.3 is 5.97 Å². The van der Waals surface area contributed by atoms with Gasteiger partial charge in [-0.1, -0.05) is 15.9 Å². The van der Waals surface area contributed by atoms with Crippen molar-refractivity contribution in [1.82, 2.24) is 0 Å². The lowest BCUT2D eigenvalue weighted by Crippen LogP contribution is -2.14. The standard InChI is InChI=1S/C15H14BrNO5S/c1-2-22-15(19)10-3-8-14(18)13(9-10)17-23(20,21)12-6-4-11(16)5-7-12/h3-9,17-18H,2H2,1H3. The van der Waals surface area contributed by atoms with Gasteiger partial charge in [0.05, 0.1) is 22.8 Å². The van der Waals surface area contributed by atoms with Gasteiger partial charge in [0.1, 0.15) is 5.75 Å². The predicted octanol–water partition coefficient (Wildman–Crippen LogP) is 3.13. The SMILES string of the molecule is CCOC(=O)c1ccc(O)c(NS(=O)(=O)c2ccc(Br)cc2)c1. The van der Waals surface area contributed by atoms with Crippen LogP contribution in [0.4, 0.5) is 5.69 Å². The first-order valence-electron chi connectivity index (χ1n) is 6.62. The number of anilines is 1. The number of aromatic hydroxyl groups is 1. The zero-order valence-electron chi connectivity index (χ0n) is 12.1. The van der Waals surface area contributed by atoms with Crippen molar-refractivity contribution in [3.8, 4) is 5.75 Å². The lowest BCUT2D eigenvalue weighted by Gasteiger charge is -2.11. The topological polar surface area (TPSA) is 92.7 Å². The van der Waals surface area contributed by atoms with Crippen LogP contribution in [0.2, 0.25) is 0 Å². The highest BCUT2D eigenvalue weighted by atomic mass is 79.9. The van der Waals surface area contributed by atoms with E-state index in [1.165, 1.54) is 30.3 Å². The molecule has 2 aromatic rings. The molecule has 0 atom stereocenters. The summed E-state index contributed by atoms with van der Waals surface area (Å²) >= 11 is 3.22. The maximum absolute atomic E-state index is 12.3. The molecule has 0 amide bonds. The van der Waals surface area contributed by atoms with Crippen molar-refractivity contribution < 1.29 is 23.1 Å². The fourth-order valence-corrected chi connectivity index (χ4v) is 3.11. The second-order valence-electron chi connectivity index (χ2n) is 4.51. The maximum Gasteiger partial charge on any atom is 0.338 e. The zero-order valence-corrected chi connectivity index (χ0v) is 14.5. The molecule has 0 fully saturated rings. The van der Waals surface area contributed by atoms with Crippen LogP contribution in [-0.4, -0.2) is 26.1 Å². The molecule has 0 spiro atoms. The largest absolute Gasteiger partial charge is 0.506 e. The van der Waals surface area contributed by atoms with Gasteiger partial charge in [-0.25, -0.2) is 13.2 Å². The summed E-state index contributed by atoms with van der Waals surface area (Å²) in [7, 11) is -3.89. The lowest BCUT2D eigenvalue weighted by atomic mass is 10.2. The molecule has 2 rings (SSSR count). The van der Waals surface area contributed by atoms with E-state index in [2.05, 4.69) is 20.7 Å². The average Bonchev–Trinajstić information content (AvgIpc) is 2.50. The number of phenolic OH excluding ortho intramolecular Hbond substituents is 1. The van der Waals surface area contributed by atoms with E-state index in [4.69, 9.17) is 4.74 Å². The molecule has 6 nitrogen and oxygen atoms in total. The minimum Gasteiger partial charge on any atom is -0.506 e. The number of hydrogen-bond donors (Lipinski definition) is 2. The third kappa shape index (κ3) is 4.23. The molecule has 8 heteroatoms. The van der Waals surface area contributed by atoms with E-state index >= 15 is 0 Å². The van der Waals surface area contributed by atoms with Gasteiger partial charge < -0.3 is 9.84 Å².